The molecule has 0 bridgehead atoms. The van der Waals surface area contributed by atoms with Crippen molar-refractivity contribution in [1.29, 1.82) is 0 Å². The van der Waals surface area contributed by atoms with Crippen molar-refractivity contribution in [2.75, 3.05) is 19.4 Å². The molecule has 1 aromatic rings. The monoisotopic (exact) mass is 340 g/mol. The van der Waals surface area contributed by atoms with Gasteiger partial charge in [0.05, 0.1) is 19.4 Å². The molecule has 0 spiro atoms. The maximum atomic E-state index is 12.8. The van der Waals surface area contributed by atoms with E-state index in [1.165, 1.54) is 24.8 Å². The van der Waals surface area contributed by atoms with Crippen LogP contribution in [0.1, 0.15) is 64.4 Å². The molecule has 0 fully saturated rings. The van der Waals surface area contributed by atoms with Crippen molar-refractivity contribution in [2.45, 2.75) is 65.2 Å². The average Bonchev–Trinajstić information content (AvgIpc) is 2.57. The van der Waals surface area contributed by atoms with Crippen molar-refractivity contribution < 1.29 is 13.6 Å². The normalized spacial score (nSPS) is 13.8. The van der Waals surface area contributed by atoms with Crippen LogP contribution in [0.4, 0.5) is 0 Å². The minimum atomic E-state index is -2.93. The van der Waals surface area contributed by atoms with Crippen LogP contribution in [0, 0.1) is 0 Å². The summed E-state index contributed by atoms with van der Waals surface area (Å²) in [6.07, 6.45) is 9.05. The topological polar surface area (TPSA) is 35.5 Å². The molecule has 0 aliphatic heterocycles. The molecule has 3 nitrogen and oxygen atoms in total. The lowest BCUT2D eigenvalue weighted by molar-refractivity contribution is 0.202. The lowest BCUT2D eigenvalue weighted by atomic mass is 10.2. The van der Waals surface area contributed by atoms with Gasteiger partial charge in [0.2, 0.25) is 0 Å². The summed E-state index contributed by atoms with van der Waals surface area (Å²) >= 11 is 0. The second-order valence-electron chi connectivity index (χ2n) is 6.00. The fraction of sp³-hybridized carbons (Fsp3) is 0.684. The lowest BCUT2D eigenvalue weighted by Gasteiger charge is -2.18. The van der Waals surface area contributed by atoms with E-state index in [2.05, 4.69) is 26.0 Å². The zero-order valence-corrected chi connectivity index (χ0v) is 15.7. The molecule has 23 heavy (non-hydrogen) atoms. The summed E-state index contributed by atoms with van der Waals surface area (Å²) in [6.45, 7) is 5.31. The molecule has 0 saturated carbocycles. The van der Waals surface area contributed by atoms with E-state index >= 15 is 0 Å². The van der Waals surface area contributed by atoms with E-state index in [-0.39, 0.29) is 0 Å². The van der Waals surface area contributed by atoms with Crippen LogP contribution in [0.15, 0.2) is 30.3 Å². The second-order valence-corrected chi connectivity index (χ2v) is 8.19. The van der Waals surface area contributed by atoms with Gasteiger partial charge in [-0.25, -0.2) is 0 Å². The third kappa shape index (κ3) is 9.96. The second kappa shape index (κ2) is 12.8. The fourth-order valence-corrected chi connectivity index (χ4v) is 4.19. The summed E-state index contributed by atoms with van der Waals surface area (Å²) in [7, 11) is -2.93. The standard InChI is InChI=1S/C19H33O3P/c1-3-5-7-8-12-16-21-23(20,18-6-4-2)22-17-15-19-13-10-9-11-14-19/h9-11,13-14H,3-8,12,15-18H2,1-2H3. The van der Waals surface area contributed by atoms with Crippen molar-refractivity contribution in [2.24, 2.45) is 0 Å². The van der Waals surface area contributed by atoms with Crippen molar-refractivity contribution in [3.05, 3.63) is 35.9 Å². The summed E-state index contributed by atoms with van der Waals surface area (Å²) in [6, 6.07) is 10.2. The molecule has 1 aromatic carbocycles. The molecular formula is C19H33O3P. The van der Waals surface area contributed by atoms with Crippen molar-refractivity contribution in [3.63, 3.8) is 0 Å². The average molecular weight is 340 g/mol. The van der Waals surface area contributed by atoms with Gasteiger partial charge < -0.3 is 9.05 Å². The predicted molar refractivity (Wildman–Crippen MR) is 98.2 cm³/mol. The van der Waals surface area contributed by atoms with E-state index in [4.69, 9.17) is 9.05 Å². The third-order valence-corrected chi connectivity index (χ3v) is 5.86. The van der Waals surface area contributed by atoms with Gasteiger partial charge in [0.15, 0.2) is 0 Å². The van der Waals surface area contributed by atoms with Crippen LogP contribution in [0.3, 0.4) is 0 Å². The van der Waals surface area contributed by atoms with Crippen LogP contribution >= 0.6 is 7.60 Å². The molecule has 1 atom stereocenters. The molecule has 0 radical (unpaired) electrons. The molecule has 132 valence electrons. The maximum Gasteiger partial charge on any atom is 0.330 e. The number of benzene rings is 1. The van der Waals surface area contributed by atoms with Crippen LogP contribution in [0.2, 0.25) is 0 Å². The van der Waals surface area contributed by atoms with Crippen molar-refractivity contribution in [3.8, 4) is 0 Å². The van der Waals surface area contributed by atoms with Crippen molar-refractivity contribution >= 4 is 7.60 Å². The van der Waals surface area contributed by atoms with Crippen LogP contribution in [-0.4, -0.2) is 19.4 Å². The Bertz CT molecular complexity index is 434. The predicted octanol–water partition coefficient (Wildman–Crippen LogP) is 6.23. The minimum Gasteiger partial charge on any atom is -0.309 e. The molecule has 0 amide bonds. The fourth-order valence-electron chi connectivity index (χ4n) is 2.37. The Morgan fingerprint density at radius 1 is 0.826 bits per heavy atom. The van der Waals surface area contributed by atoms with Gasteiger partial charge >= 0.3 is 7.60 Å². The Morgan fingerprint density at radius 3 is 2.17 bits per heavy atom. The first kappa shape index (κ1) is 20.4. The van der Waals surface area contributed by atoms with Gasteiger partial charge in [-0.15, -0.1) is 0 Å². The molecule has 4 heteroatoms. The quantitative estimate of drug-likeness (QED) is 0.298. The minimum absolute atomic E-state index is 0.459. The highest BCUT2D eigenvalue weighted by Gasteiger charge is 2.23. The van der Waals surface area contributed by atoms with E-state index in [0.717, 1.165) is 32.1 Å². The first-order valence-electron chi connectivity index (χ1n) is 9.12. The molecule has 0 aromatic heterocycles. The van der Waals surface area contributed by atoms with Crippen LogP contribution in [0.25, 0.3) is 0 Å². The van der Waals surface area contributed by atoms with Gasteiger partial charge in [-0.1, -0.05) is 76.3 Å². The summed E-state index contributed by atoms with van der Waals surface area (Å²) in [5.41, 5.74) is 1.20. The van der Waals surface area contributed by atoms with Gasteiger partial charge in [-0.2, -0.15) is 0 Å². The van der Waals surface area contributed by atoms with Crippen LogP contribution in [-0.2, 0) is 20.0 Å². The Morgan fingerprint density at radius 2 is 1.48 bits per heavy atom. The Labute approximate surface area is 142 Å². The summed E-state index contributed by atoms with van der Waals surface area (Å²) in [5.74, 6) is 0. The molecular weight excluding hydrogens is 307 g/mol. The first-order valence-corrected chi connectivity index (χ1v) is 10.8. The largest absolute Gasteiger partial charge is 0.330 e. The van der Waals surface area contributed by atoms with E-state index in [1.807, 2.05) is 18.2 Å². The van der Waals surface area contributed by atoms with Gasteiger partial charge in [-0.05, 0) is 24.8 Å². The highest BCUT2D eigenvalue weighted by molar-refractivity contribution is 7.53. The molecule has 1 unspecified atom stereocenters. The molecule has 0 aliphatic carbocycles. The summed E-state index contributed by atoms with van der Waals surface area (Å²) in [5, 5.41) is 0. The first-order chi connectivity index (χ1) is 11.2. The Balaban J connectivity index is 2.32. The lowest BCUT2D eigenvalue weighted by Crippen LogP contribution is -2.05. The number of hydrogen-bond donors (Lipinski definition) is 0. The summed E-state index contributed by atoms with van der Waals surface area (Å²) in [4.78, 5) is 0. The zero-order valence-electron chi connectivity index (χ0n) is 14.8. The Kier molecular flexibility index (Phi) is 11.3. The molecule has 0 saturated heterocycles. The molecule has 1 rings (SSSR count). The van der Waals surface area contributed by atoms with E-state index in [0.29, 0.717) is 19.4 Å². The summed E-state index contributed by atoms with van der Waals surface area (Å²) < 4.78 is 24.2. The molecule has 0 N–H and O–H groups in total. The highest BCUT2D eigenvalue weighted by atomic mass is 31.2. The van der Waals surface area contributed by atoms with Gasteiger partial charge in [0.1, 0.15) is 0 Å². The zero-order chi connectivity index (χ0) is 16.8. The molecule has 0 aliphatic rings. The van der Waals surface area contributed by atoms with Gasteiger partial charge in [-0.3, -0.25) is 4.57 Å². The molecule has 0 heterocycles. The Hall–Kier alpha value is -0.630. The van der Waals surface area contributed by atoms with Gasteiger partial charge in [0, 0.05) is 0 Å². The highest BCUT2D eigenvalue weighted by Crippen LogP contribution is 2.49. The third-order valence-electron chi connectivity index (χ3n) is 3.84. The van der Waals surface area contributed by atoms with E-state index in [9.17, 15) is 4.57 Å². The van der Waals surface area contributed by atoms with Gasteiger partial charge in [0.25, 0.3) is 0 Å². The SMILES string of the molecule is CCCCCCCOP(=O)(CCCC)OCCc1ccccc1. The maximum absolute atomic E-state index is 12.8. The van der Waals surface area contributed by atoms with Crippen LogP contribution < -0.4 is 0 Å². The number of unbranched alkanes of at least 4 members (excludes halogenated alkanes) is 5. The number of rotatable bonds is 14. The number of hydrogen-bond acceptors (Lipinski definition) is 3. The smallest absolute Gasteiger partial charge is 0.309 e. The van der Waals surface area contributed by atoms with Crippen LogP contribution in [0.5, 0.6) is 0 Å². The van der Waals surface area contributed by atoms with E-state index in [1.54, 1.807) is 0 Å². The van der Waals surface area contributed by atoms with Crippen molar-refractivity contribution in [1.82, 2.24) is 0 Å². The van der Waals surface area contributed by atoms with E-state index < -0.39 is 7.60 Å².